The molecule has 0 heterocycles. The van der Waals surface area contributed by atoms with Crippen molar-refractivity contribution in [3.05, 3.63) is 30.1 Å². The summed E-state index contributed by atoms with van der Waals surface area (Å²) in [6.07, 6.45) is 0. The van der Waals surface area contributed by atoms with Gasteiger partial charge in [0.1, 0.15) is 11.9 Å². The quantitative estimate of drug-likeness (QED) is 0.633. The van der Waals surface area contributed by atoms with E-state index in [1.807, 2.05) is 0 Å². The fraction of sp³-hybridized carbons (Fsp3) is 0.364. The average Bonchev–Trinajstić information content (AvgIpc) is 2.28. The van der Waals surface area contributed by atoms with Crippen molar-refractivity contribution >= 4 is 17.7 Å². The average molecular weight is 243 g/mol. The first-order chi connectivity index (χ1) is 7.63. The van der Waals surface area contributed by atoms with Crippen molar-refractivity contribution in [2.75, 3.05) is 12.4 Å². The Morgan fingerprint density at radius 1 is 1.50 bits per heavy atom. The third-order valence-electron chi connectivity index (χ3n) is 1.83. The lowest BCUT2D eigenvalue weighted by atomic mass is 10.3. The number of halogens is 1. The summed E-state index contributed by atoms with van der Waals surface area (Å²) in [6.45, 7) is 2.06. The van der Waals surface area contributed by atoms with Gasteiger partial charge in [0.2, 0.25) is 0 Å². The van der Waals surface area contributed by atoms with E-state index in [9.17, 15) is 9.18 Å². The second-order valence-corrected chi connectivity index (χ2v) is 4.22. The number of hydrogen-bond donors (Lipinski definition) is 1. The summed E-state index contributed by atoms with van der Waals surface area (Å²) in [6, 6.07) is 5.40. The smallest absolute Gasteiger partial charge is 0.323 e. The molecule has 1 aromatic rings. The number of rotatable bonds is 5. The Labute approximate surface area is 98.2 Å². The second-order valence-electron chi connectivity index (χ2n) is 3.12. The zero-order valence-corrected chi connectivity index (χ0v) is 9.80. The van der Waals surface area contributed by atoms with Crippen LogP contribution < -0.4 is 5.73 Å². The summed E-state index contributed by atoms with van der Waals surface area (Å²) in [5, 5.41) is 0. The van der Waals surface area contributed by atoms with Crippen LogP contribution in [0.15, 0.2) is 29.2 Å². The van der Waals surface area contributed by atoms with Gasteiger partial charge < -0.3 is 10.5 Å². The van der Waals surface area contributed by atoms with Crippen LogP contribution in [0.25, 0.3) is 0 Å². The number of thioether (sulfide) groups is 1. The topological polar surface area (TPSA) is 52.3 Å². The number of ether oxygens (including phenoxy) is 1. The standard InChI is InChI=1S/C11H14FNO2S/c1-2-15-11(14)10(13)7-16-9-5-3-8(12)4-6-9/h3-6,10H,2,7,13H2,1H3. The number of hydrogen-bond acceptors (Lipinski definition) is 4. The van der Waals surface area contributed by atoms with Crippen LogP contribution in [0.3, 0.4) is 0 Å². The molecule has 0 aromatic heterocycles. The number of carbonyl (C=O) groups excluding carboxylic acids is 1. The Balaban J connectivity index is 2.39. The Hall–Kier alpha value is -1.07. The van der Waals surface area contributed by atoms with E-state index >= 15 is 0 Å². The maximum atomic E-state index is 12.6. The molecule has 0 aliphatic carbocycles. The lowest BCUT2D eigenvalue weighted by Gasteiger charge is -2.09. The van der Waals surface area contributed by atoms with Crippen LogP contribution in [-0.4, -0.2) is 24.4 Å². The van der Waals surface area contributed by atoms with E-state index in [0.717, 1.165) is 4.90 Å². The predicted molar refractivity (Wildman–Crippen MR) is 61.7 cm³/mol. The van der Waals surface area contributed by atoms with Crippen molar-refractivity contribution in [1.82, 2.24) is 0 Å². The molecule has 0 bridgehead atoms. The summed E-state index contributed by atoms with van der Waals surface area (Å²) in [5.74, 6) is -0.263. The number of esters is 1. The number of nitrogens with two attached hydrogens (primary N) is 1. The molecule has 1 unspecified atom stereocenters. The highest BCUT2D eigenvalue weighted by molar-refractivity contribution is 7.99. The lowest BCUT2D eigenvalue weighted by molar-refractivity contribution is -0.144. The predicted octanol–water partition coefficient (Wildman–Crippen LogP) is 1.81. The van der Waals surface area contributed by atoms with Crippen LogP contribution in [0.1, 0.15) is 6.92 Å². The van der Waals surface area contributed by atoms with E-state index in [1.165, 1.54) is 23.9 Å². The van der Waals surface area contributed by atoms with Gasteiger partial charge in [0.15, 0.2) is 0 Å². The Morgan fingerprint density at radius 2 is 2.12 bits per heavy atom. The van der Waals surface area contributed by atoms with E-state index in [0.29, 0.717) is 12.4 Å². The van der Waals surface area contributed by atoms with E-state index in [1.54, 1.807) is 19.1 Å². The van der Waals surface area contributed by atoms with Gasteiger partial charge in [-0.05, 0) is 31.2 Å². The van der Waals surface area contributed by atoms with Crippen LogP contribution in [0.4, 0.5) is 4.39 Å². The van der Waals surface area contributed by atoms with E-state index in [-0.39, 0.29) is 5.82 Å². The molecule has 2 N–H and O–H groups in total. The van der Waals surface area contributed by atoms with Gasteiger partial charge in [0.05, 0.1) is 6.61 Å². The summed E-state index contributed by atoms with van der Waals surface area (Å²) in [4.78, 5) is 12.1. The second kappa shape index (κ2) is 6.50. The Kier molecular flexibility index (Phi) is 5.28. The van der Waals surface area contributed by atoms with Gasteiger partial charge in [0, 0.05) is 10.6 Å². The van der Waals surface area contributed by atoms with E-state index in [4.69, 9.17) is 10.5 Å². The molecule has 88 valence electrons. The fourth-order valence-electron chi connectivity index (χ4n) is 1.03. The largest absolute Gasteiger partial charge is 0.465 e. The van der Waals surface area contributed by atoms with Crippen LogP contribution in [-0.2, 0) is 9.53 Å². The molecule has 1 aromatic carbocycles. The molecule has 0 radical (unpaired) electrons. The number of carbonyl (C=O) groups is 1. The highest BCUT2D eigenvalue weighted by atomic mass is 32.2. The maximum Gasteiger partial charge on any atom is 0.323 e. The molecule has 0 saturated carbocycles. The van der Waals surface area contributed by atoms with Crippen LogP contribution >= 0.6 is 11.8 Å². The van der Waals surface area contributed by atoms with Gasteiger partial charge in [-0.3, -0.25) is 4.79 Å². The van der Waals surface area contributed by atoms with Crippen LogP contribution in [0.5, 0.6) is 0 Å². The first-order valence-electron chi connectivity index (χ1n) is 4.94. The van der Waals surface area contributed by atoms with Crippen molar-refractivity contribution in [2.45, 2.75) is 17.9 Å². The van der Waals surface area contributed by atoms with Gasteiger partial charge in [-0.2, -0.15) is 0 Å². The molecule has 5 heteroatoms. The van der Waals surface area contributed by atoms with Gasteiger partial charge in [0.25, 0.3) is 0 Å². The first-order valence-corrected chi connectivity index (χ1v) is 5.92. The van der Waals surface area contributed by atoms with Crippen LogP contribution in [0.2, 0.25) is 0 Å². The normalized spacial score (nSPS) is 12.2. The molecule has 0 fully saturated rings. The first kappa shape index (κ1) is 13.0. The molecule has 3 nitrogen and oxygen atoms in total. The molecular weight excluding hydrogens is 229 g/mol. The van der Waals surface area contributed by atoms with Crippen molar-refractivity contribution in [2.24, 2.45) is 5.73 Å². The molecule has 0 aliphatic heterocycles. The van der Waals surface area contributed by atoms with Crippen molar-refractivity contribution < 1.29 is 13.9 Å². The minimum Gasteiger partial charge on any atom is -0.465 e. The fourth-order valence-corrected chi connectivity index (χ4v) is 1.87. The minimum atomic E-state index is -0.644. The zero-order valence-electron chi connectivity index (χ0n) is 8.98. The van der Waals surface area contributed by atoms with Crippen LogP contribution in [0, 0.1) is 5.82 Å². The van der Waals surface area contributed by atoms with Gasteiger partial charge >= 0.3 is 5.97 Å². The van der Waals surface area contributed by atoms with Gasteiger partial charge in [-0.25, -0.2) is 4.39 Å². The zero-order chi connectivity index (χ0) is 12.0. The van der Waals surface area contributed by atoms with Crippen molar-refractivity contribution in [3.63, 3.8) is 0 Å². The van der Waals surface area contributed by atoms with Crippen molar-refractivity contribution in [3.8, 4) is 0 Å². The molecule has 0 saturated heterocycles. The van der Waals surface area contributed by atoms with Crippen molar-refractivity contribution in [1.29, 1.82) is 0 Å². The summed E-state index contributed by atoms with van der Waals surface area (Å²) in [5.41, 5.74) is 5.61. The Morgan fingerprint density at radius 3 is 2.69 bits per heavy atom. The Bertz CT molecular complexity index is 342. The monoisotopic (exact) mass is 243 g/mol. The highest BCUT2D eigenvalue weighted by Crippen LogP contribution is 2.18. The molecule has 1 atom stereocenters. The molecule has 0 spiro atoms. The summed E-state index contributed by atoms with van der Waals surface area (Å²) < 4.78 is 17.4. The molecular formula is C11H14FNO2S. The van der Waals surface area contributed by atoms with Gasteiger partial charge in [-0.1, -0.05) is 0 Å². The molecule has 1 rings (SSSR count). The van der Waals surface area contributed by atoms with E-state index in [2.05, 4.69) is 0 Å². The highest BCUT2D eigenvalue weighted by Gasteiger charge is 2.14. The third-order valence-corrected chi connectivity index (χ3v) is 2.96. The molecule has 16 heavy (non-hydrogen) atoms. The molecule has 0 aliphatic rings. The van der Waals surface area contributed by atoms with E-state index < -0.39 is 12.0 Å². The SMILES string of the molecule is CCOC(=O)C(N)CSc1ccc(F)cc1. The maximum absolute atomic E-state index is 12.6. The molecule has 0 amide bonds. The number of benzene rings is 1. The summed E-state index contributed by atoms with van der Waals surface area (Å²) >= 11 is 1.40. The minimum absolute atomic E-state index is 0.279. The lowest BCUT2D eigenvalue weighted by Crippen LogP contribution is -2.34. The summed E-state index contributed by atoms with van der Waals surface area (Å²) in [7, 11) is 0. The van der Waals surface area contributed by atoms with Gasteiger partial charge in [-0.15, -0.1) is 11.8 Å². The third kappa shape index (κ3) is 4.20.